The highest BCUT2D eigenvalue weighted by molar-refractivity contribution is 5.70. The lowest BCUT2D eigenvalue weighted by Crippen LogP contribution is -2.28. The molecule has 100 valence electrons. The van der Waals surface area contributed by atoms with Gasteiger partial charge in [-0.2, -0.15) is 0 Å². The lowest BCUT2D eigenvalue weighted by Gasteiger charge is -2.31. The van der Waals surface area contributed by atoms with Gasteiger partial charge in [-0.1, -0.05) is 27.2 Å². The molecule has 1 fully saturated rings. The van der Waals surface area contributed by atoms with E-state index < -0.39 is 0 Å². The third-order valence-corrected chi connectivity index (χ3v) is 3.33. The van der Waals surface area contributed by atoms with Gasteiger partial charge in [-0.25, -0.2) is 4.79 Å². The van der Waals surface area contributed by atoms with Crippen LogP contribution in [0.3, 0.4) is 0 Å². The summed E-state index contributed by atoms with van der Waals surface area (Å²) < 4.78 is 10.7. The van der Waals surface area contributed by atoms with Gasteiger partial charge in [0.2, 0.25) is 0 Å². The average Bonchev–Trinajstić information content (AvgIpc) is 2.25. The molecule has 0 saturated heterocycles. The minimum Gasteiger partial charge on any atom is -0.464 e. The van der Waals surface area contributed by atoms with Gasteiger partial charge in [0.15, 0.2) is 0 Å². The van der Waals surface area contributed by atoms with Crippen molar-refractivity contribution in [3.05, 3.63) is 0 Å². The molecule has 1 saturated carbocycles. The van der Waals surface area contributed by atoms with E-state index in [1.165, 1.54) is 6.42 Å². The highest BCUT2D eigenvalue weighted by Gasteiger charge is 2.24. The molecule has 17 heavy (non-hydrogen) atoms. The monoisotopic (exact) mass is 242 g/mol. The summed E-state index contributed by atoms with van der Waals surface area (Å²) in [7, 11) is 0. The first-order chi connectivity index (χ1) is 8.11. The van der Waals surface area contributed by atoms with Gasteiger partial charge in [-0.3, -0.25) is 0 Å². The minimum atomic E-state index is -0.218. The average molecular weight is 242 g/mol. The van der Waals surface area contributed by atoms with Crippen LogP contribution in [0.25, 0.3) is 0 Å². The SMILES string of the molecule is CCCCOC(=O)COC1CC(C)CC(C)C1. The number of carbonyl (C=O) groups is 1. The zero-order valence-electron chi connectivity index (χ0n) is 11.4. The lowest BCUT2D eigenvalue weighted by molar-refractivity contribution is -0.152. The third-order valence-electron chi connectivity index (χ3n) is 3.33. The molecule has 0 amide bonds. The van der Waals surface area contributed by atoms with Crippen molar-refractivity contribution in [2.45, 2.75) is 59.0 Å². The summed E-state index contributed by atoms with van der Waals surface area (Å²) in [6.07, 6.45) is 5.65. The maximum atomic E-state index is 11.4. The van der Waals surface area contributed by atoms with Gasteiger partial charge in [-0.15, -0.1) is 0 Å². The first-order valence-electron chi connectivity index (χ1n) is 6.89. The Morgan fingerprint density at radius 3 is 2.41 bits per heavy atom. The number of ether oxygens (including phenoxy) is 2. The summed E-state index contributed by atoms with van der Waals surface area (Å²) in [5.41, 5.74) is 0. The van der Waals surface area contributed by atoms with Gasteiger partial charge in [0.1, 0.15) is 6.61 Å². The summed E-state index contributed by atoms with van der Waals surface area (Å²) in [6.45, 7) is 7.23. The molecule has 0 aromatic rings. The van der Waals surface area contributed by atoms with Gasteiger partial charge in [-0.05, 0) is 37.5 Å². The molecule has 1 aliphatic rings. The van der Waals surface area contributed by atoms with E-state index in [0.717, 1.165) is 25.7 Å². The standard InChI is InChI=1S/C14H26O3/c1-4-5-6-16-14(15)10-17-13-8-11(2)7-12(3)9-13/h11-13H,4-10H2,1-3H3. The molecule has 3 nitrogen and oxygen atoms in total. The van der Waals surface area contributed by atoms with Crippen LogP contribution in [0.1, 0.15) is 52.9 Å². The van der Waals surface area contributed by atoms with Crippen molar-refractivity contribution in [1.29, 1.82) is 0 Å². The maximum absolute atomic E-state index is 11.4. The normalized spacial score (nSPS) is 29.0. The van der Waals surface area contributed by atoms with Crippen LogP contribution in [0.4, 0.5) is 0 Å². The van der Waals surface area contributed by atoms with Gasteiger partial charge >= 0.3 is 5.97 Å². The molecule has 0 bridgehead atoms. The largest absolute Gasteiger partial charge is 0.464 e. The predicted octanol–water partition coefficient (Wildman–Crippen LogP) is 3.17. The van der Waals surface area contributed by atoms with E-state index in [0.29, 0.717) is 18.4 Å². The Morgan fingerprint density at radius 1 is 1.18 bits per heavy atom. The van der Waals surface area contributed by atoms with E-state index in [-0.39, 0.29) is 18.7 Å². The van der Waals surface area contributed by atoms with E-state index in [9.17, 15) is 4.79 Å². The van der Waals surface area contributed by atoms with Crippen molar-refractivity contribution < 1.29 is 14.3 Å². The second kappa shape index (κ2) is 7.70. The fraction of sp³-hybridized carbons (Fsp3) is 0.929. The first-order valence-corrected chi connectivity index (χ1v) is 6.89. The zero-order valence-corrected chi connectivity index (χ0v) is 11.4. The summed E-state index contributed by atoms with van der Waals surface area (Å²) in [5, 5.41) is 0. The van der Waals surface area contributed by atoms with Crippen molar-refractivity contribution in [2.75, 3.05) is 13.2 Å². The molecule has 0 radical (unpaired) electrons. The zero-order chi connectivity index (χ0) is 12.7. The molecule has 3 heteroatoms. The molecule has 0 N–H and O–H groups in total. The minimum absolute atomic E-state index is 0.119. The summed E-state index contributed by atoms with van der Waals surface area (Å²) >= 11 is 0. The number of esters is 1. The van der Waals surface area contributed by atoms with Gasteiger partial charge < -0.3 is 9.47 Å². The Hall–Kier alpha value is -0.570. The van der Waals surface area contributed by atoms with Crippen LogP contribution in [0, 0.1) is 11.8 Å². The third kappa shape index (κ3) is 6.06. The number of unbranched alkanes of at least 4 members (excludes halogenated alkanes) is 1. The smallest absolute Gasteiger partial charge is 0.332 e. The second-order valence-corrected chi connectivity index (χ2v) is 5.42. The highest BCUT2D eigenvalue weighted by Crippen LogP contribution is 2.30. The fourth-order valence-electron chi connectivity index (χ4n) is 2.57. The Kier molecular flexibility index (Phi) is 6.56. The van der Waals surface area contributed by atoms with E-state index in [2.05, 4.69) is 20.8 Å². The molecule has 0 aliphatic heterocycles. The van der Waals surface area contributed by atoms with Crippen LogP contribution in [0.15, 0.2) is 0 Å². The highest BCUT2D eigenvalue weighted by atomic mass is 16.6. The molecule has 0 aromatic carbocycles. The van der Waals surface area contributed by atoms with Crippen molar-refractivity contribution >= 4 is 5.97 Å². The number of hydrogen-bond acceptors (Lipinski definition) is 3. The number of hydrogen-bond donors (Lipinski definition) is 0. The Labute approximate surface area is 105 Å². The molecule has 1 aliphatic carbocycles. The number of rotatable bonds is 6. The van der Waals surface area contributed by atoms with Crippen LogP contribution in [0.2, 0.25) is 0 Å². The van der Waals surface area contributed by atoms with Gasteiger partial charge in [0, 0.05) is 0 Å². The molecule has 0 heterocycles. The molecule has 0 spiro atoms. The van der Waals surface area contributed by atoms with Crippen molar-refractivity contribution in [3.63, 3.8) is 0 Å². The van der Waals surface area contributed by atoms with E-state index >= 15 is 0 Å². The van der Waals surface area contributed by atoms with Crippen LogP contribution < -0.4 is 0 Å². The molecular formula is C14H26O3. The maximum Gasteiger partial charge on any atom is 0.332 e. The molecule has 2 unspecified atom stereocenters. The Bertz CT molecular complexity index is 218. The predicted molar refractivity (Wildman–Crippen MR) is 67.8 cm³/mol. The number of carbonyl (C=O) groups excluding carboxylic acids is 1. The van der Waals surface area contributed by atoms with Crippen molar-refractivity contribution in [3.8, 4) is 0 Å². The lowest BCUT2D eigenvalue weighted by atomic mass is 9.82. The Morgan fingerprint density at radius 2 is 1.82 bits per heavy atom. The fourth-order valence-corrected chi connectivity index (χ4v) is 2.57. The van der Waals surface area contributed by atoms with Gasteiger partial charge in [0.25, 0.3) is 0 Å². The van der Waals surface area contributed by atoms with Crippen molar-refractivity contribution in [1.82, 2.24) is 0 Å². The topological polar surface area (TPSA) is 35.5 Å². The molecule has 1 rings (SSSR count). The van der Waals surface area contributed by atoms with Crippen molar-refractivity contribution in [2.24, 2.45) is 11.8 Å². The quantitative estimate of drug-likeness (QED) is 0.530. The van der Waals surface area contributed by atoms with E-state index in [1.54, 1.807) is 0 Å². The Balaban J connectivity index is 2.14. The summed E-state index contributed by atoms with van der Waals surface area (Å²) in [6, 6.07) is 0. The summed E-state index contributed by atoms with van der Waals surface area (Å²) in [5.74, 6) is 1.20. The van der Waals surface area contributed by atoms with Gasteiger partial charge in [0.05, 0.1) is 12.7 Å². The van der Waals surface area contributed by atoms with Crippen LogP contribution >= 0.6 is 0 Å². The van der Waals surface area contributed by atoms with Crippen LogP contribution in [-0.2, 0) is 14.3 Å². The van der Waals surface area contributed by atoms with E-state index in [1.807, 2.05) is 0 Å². The molecule has 2 atom stereocenters. The second-order valence-electron chi connectivity index (χ2n) is 5.42. The molecular weight excluding hydrogens is 216 g/mol. The molecule has 0 aromatic heterocycles. The van der Waals surface area contributed by atoms with Crippen LogP contribution in [-0.4, -0.2) is 25.3 Å². The summed E-state index contributed by atoms with van der Waals surface area (Å²) in [4.78, 5) is 11.4. The van der Waals surface area contributed by atoms with E-state index in [4.69, 9.17) is 9.47 Å². The first kappa shape index (κ1) is 14.5. The van der Waals surface area contributed by atoms with Crippen LogP contribution in [0.5, 0.6) is 0 Å².